The zero-order valence-electron chi connectivity index (χ0n) is 14.9. The molecule has 1 atom stereocenters. The molecule has 1 saturated heterocycles. The molecule has 1 aromatic heterocycles. The topological polar surface area (TPSA) is 51.3 Å². The molecular weight excluding hydrogens is 402 g/mol. The lowest BCUT2D eigenvalue weighted by Gasteiger charge is -2.22. The van der Waals surface area contributed by atoms with E-state index in [1.807, 2.05) is 43.0 Å². The molecule has 6 heteroatoms. The summed E-state index contributed by atoms with van der Waals surface area (Å²) in [6, 6.07) is 10.1. The molecule has 25 heavy (non-hydrogen) atoms. The first-order valence-electron chi connectivity index (χ1n) is 8.29. The van der Waals surface area contributed by atoms with Crippen LogP contribution in [0.25, 0.3) is 5.69 Å². The summed E-state index contributed by atoms with van der Waals surface area (Å²) >= 11 is 3.61. The average molecular weight is 427 g/mol. The number of halogens is 2. The summed E-state index contributed by atoms with van der Waals surface area (Å²) in [5, 5.41) is 0. The van der Waals surface area contributed by atoms with Gasteiger partial charge in [0.1, 0.15) is 0 Å². The van der Waals surface area contributed by atoms with Crippen LogP contribution in [0.3, 0.4) is 0 Å². The Kier molecular flexibility index (Phi) is 6.02. The number of nitrogens with zero attached hydrogens (tertiary/aromatic N) is 2. The van der Waals surface area contributed by atoms with Crippen LogP contribution >= 0.6 is 28.3 Å². The normalized spacial score (nSPS) is 19.8. The highest BCUT2D eigenvalue weighted by atomic mass is 79.9. The molecule has 0 spiro atoms. The fraction of sp³-hybridized carbons (Fsp3) is 0.421. The summed E-state index contributed by atoms with van der Waals surface area (Å²) in [5.74, 6) is 0.110. The molecule has 0 aliphatic carbocycles. The number of hydrogen-bond acceptors (Lipinski definition) is 2. The van der Waals surface area contributed by atoms with E-state index in [-0.39, 0.29) is 23.7 Å². The number of rotatable bonds is 3. The molecule has 1 fully saturated rings. The Hall–Kier alpha value is -1.30. The molecule has 4 nitrogen and oxygen atoms in total. The third kappa shape index (κ3) is 3.64. The van der Waals surface area contributed by atoms with Crippen LogP contribution in [0.2, 0.25) is 0 Å². The molecule has 1 aliphatic heterocycles. The number of benzene rings is 1. The molecule has 0 bridgehead atoms. The molecule has 2 aromatic rings. The van der Waals surface area contributed by atoms with Gasteiger partial charge in [-0.05, 0) is 66.4 Å². The van der Waals surface area contributed by atoms with Gasteiger partial charge in [-0.2, -0.15) is 0 Å². The van der Waals surface area contributed by atoms with Gasteiger partial charge in [-0.3, -0.25) is 4.79 Å². The second-order valence-electron chi connectivity index (χ2n) is 7.06. The Labute approximate surface area is 163 Å². The lowest BCUT2D eigenvalue weighted by Crippen LogP contribution is -2.34. The summed E-state index contributed by atoms with van der Waals surface area (Å²) in [6.45, 7) is 8.35. The summed E-state index contributed by atoms with van der Waals surface area (Å²) in [7, 11) is 0. The van der Waals surface area contributed by atoms with Crippen LogP contribution in [0.5, 0.6) is 0 Å². The standard InChI is InChI=1S/C19H24BrN3O.ClH/c1-13-10-15(18(24)22-9-8-19(3,11-21)12-22)14(2)23(13)17-7-5-4-6-16(17)20;/h4-7,10H,8-9,11-12,21H2,1-3H3;1H. The van der Waals surface area contributed by atoms with Crippen LogP contribution in [0, 0.1) is 19.3 Å². The maximum absolute atomic E-state index is 13.0. The van der Waals surface area contributed by atoms with Crippen molar-refractivity contribution in [2.45, 2.75) is 27.2 Å². The van der Waals surface area contributed by atoms with Crippen LogP contribution < -0.4 is 5.73 Å². The number of carbonyl (C=O) groups excluding carboxylic acids is 1. The maximum Gasteiger partial charge on any atom is 0.255 e. The third-order valence-electron chi connectivity index (χ3n) is 5.09. The fourth-order valence-corrected chi connectivity index (χ4v) is 3.98. The highest BCUT2D eigenvalue weighted by Crippen LogP contribution is 2.32. The van der Waals surface area contributed by atoms with Gasteiger partial charge in [0.2, 0.25) is 0 Å². The summed E-state index contributed by atoms with van der Waals surface area (Å²) in [4.78, 5) is 15.0. The van der Waals surface area contributed by atoms with Crippen molar-refractivity contribution >= 4 is 34.2 Å². The van der Waals surface area contributed by atoms with Crippen molar-refractivity contribution < 1.29 is 4.79 Å². The van der Waals surface area contributed by atoms with Crippen molar-refractivity contribution in [3.05, 3.63) is 51.8 Å². The molecule has 2 heterocycles. The van der Waals surface area contributed by atoms with Crippen LogP contribution in [0.4, 0.5) is 0 Å². The van der Waals surface area contributed by atoms with Gasteiger partial charge >= 0.3 is 0 Å². The predicted octanol–water partition coefficient (Wildman–Crippen LogP) is 4.09. The Morgan fingerprint density at radius 3 is 2.60 bits per heavy atom. The highest BCUT2D eigenvalue weighted by molar-refractivity contribution is 9.10. The number of aromatic nitrogens is 1. The van der Waals surface area contributed by atoms with Gasteiger partial charge < -0.3 is 15.2 Å². The molecule has 1 aromatic carbocycles. The van der Waals surface area contributed by atoms with Gasteiger partial charge in [0.05, 0.1) is 11.3 Å². The number of amides is 1. The molecule has 136 valence electrons. The number of likely N-dealkylation sites (tertiary alicyclic amines) is 1. The number of para-hydroxylation sites is 1. The van der Waals surface area contributed by atoms with Gasteiger partial charge in [0, 0.05) is 29.0 Å². The predicted molar refractivity (Wildman–Crippen MR) is 108 cm³/mol. The monoisotopic (exact) mass is 425 g/mol. The smallest absolute Gasteiger partial charge is 0.255 e. The highest BCUT2D eigenvalue weighted by Gasteiger charge is 2.36. The zero-order valence-corrected chi connectivity index (χ0v) is 17.3. The van der Waals surface area contributed by atoms with E-state index in [0.29, 0.717) is 6.54 Å². The van der Waals surface area contributed by atoms with Crippen molar-refractivity contribution in [1.29, 1.82) is 0 Å². The van der Waals surface area contributed by atoms with Crippen molar-refractivity contribution in [2.24, 2.45) is 11.1 Å². The van der Waals surface area contributed by atoms with Crippen LogP contribution in [-0.2, 0) is 0 Å². The van der Waals surface area contributed by atoms with E-state index >= 15 is 0 Å². The molecule has 2 N–H and O–H groups in total. The molecule has 0 radical (unpaired) electrons. The largest absolute Gasteiger partial charge is 0.338 e. The lowest BCUT2D eigenvalue weighted by atomic mass is 9.90. The Balaban J connectivity index is 0.00000225. The molecular formula is C19H25BrClN3O. The SMILES string of the molecule is Cc1cc(C(=O)N2CCC(C)(CN)C2)c(C)n1-c1ccccc1Br.Cl. The van der Waals surface area contributed by atoms with E-state index in [0.717, 1.165) is 46.6 Å². The van der Waals surface area contributed by atoms with Crippen LogP contribution in [0.15, 0.2) is 34.8 Å². The number of hydrogen-bond donors (Lipinski definition) is 1. The minimum atomic E-state index is 0. The number of carbonyl (C=O) groups is 1. The first-order chi connectivity index (χ1) is 11.4. The second-order valence-corrected chi connectivity index (χ2v) is 7.92. The van der Waals surface area contributed by atoms with E-state index < -0.39 is 0 Å². The zero-order chi connectivity index (χ0) is 17.5. The Bertz CT molecular complexity index is 789. The van der Waals surface area contributed by atoms with Crippen molar-refractivity contribution in [3.8, 4) is 5.69 Å². The van der Waals surface area contributed by atoms with E-state index in [4.69, 9.17) is 5.73 Å². The van der Waals surface area contributed by atoms with Crippen LogP contribution in [0.1, 0.15) is 35.1 Å². The van der Waals surface area contributed by atoms with E-state index in [2.05, 4.69) is 33.5 Å². The minimum Gasteiger partial charge on any atom is -0.338 e. The van der Waals surface area contributed by atoms with Crippen molar-refractivity contribution in [1.82, 2.24) is 9.47 Å². The van der Waals surface area contributed by atoms with Gasteiger partial charge in [-0.1, -0.05) is 19.1 Å². The molecule has 3 rings (SSSR count). The average Bonchev–Trinajstić information content (AvgIpc) is 3.09. The molecule has 1 aliphatic rings. The Morgan fingerprint density at radius 2 is 2.00 bits per heavy atom. The number of aryl methyl sites for hydroxylation is 1. The third-order valence-corrected chi connectivity index (χ3v) is 5.76. The molecule has 1 unspecified atom stereocenters. The van der Waals surface area contributed by atoms with Crippen molar-refractivity contribution in [3.63, 3.8) is 0 Å². The van der Waals surface area contributed by atoms with Gasteiger partial charge in [0.25, 0.3) is 5.91 Å². The first-order valence-corrected chi connectivity index (χ1v) is 9.09. The minimum absolute atomic E-state index is 0. The van der Waals surface area contributed by atoms with Gasteiger partial charge in [-0.25, -0.2) is 0 Å². The first kappa shape index (κ1) is 20.0. The summed E-state index contributed by atoms with van der Waals surface area (Å²) < 4.78 is 3.15. The lowest BCUT2D eigenvalue weighted by molar-refractivity contribution is 0.0776. The summed E-state index contributed by atoms with van der Waals surface area (Å²) in [5.41, 5.74) is 9.79. The van der Waals surface area contributed by atoms with E-state index in [1.54, 1.807) is 0 Å². The van der Waals surface area contributed by atoms with Gasteiger partial charge in [0.15, 0.2) is 0 Å². The van der Waals surface area contributed by atoms with E-state index in [1.165, 1.54) is 0 Å². The Morgan fingerprint density at radius 1 is 1.32 bits per heavy atom. The van der Waals surface area contributed by atoms with Crippen LogP contribution in [-0.4, -0.2) is 35.0 Å². The van der Waals surface area contributed by atoms with Crippen molar-refractivity contribution in [2.75, 3.05) is 19.6 Å². The number of nitrogens with two attached hydrogens (primary N) is 1. The molecule has 1 amide bonds. The fourth-order valence-electron chi connectivity index (χ4n) is 3.52. The molecule has 0 saturated carbocycles. The van der Waals surface area contributed by atoms with E-state index in [9.17, 15) is 4.79 Å². The second kappa shape index (κ2) is 7.52. The maximum atomic E-state index is 13.0. The summed E-state index contributed by atoms with van der Waals surface area (Å²) in [6.07, 6.45) is 0.970. The van der Waals surface area contributed by atoms with Gasteiger partial charge in [-0.15, -0.1) is 12.4 Å². The quantitative estimate of drug-likeness (QED) is 0.803.